The Balaban J connectivity index is 0.000000364. The van der Waals surface area contributed by atoms with Gasteiger partial charge in [0.25, 0.3) is 0 Å². The molecule has 34 atom stereocenters. The van der Waals surface area contributed by atoms with Crippen LogP contribution in [0.15, 0.2) is 0 Å². The van der Waals surface area contributed by atoms with Gasteiger partial charge in [0.15, 0.2) is 36.5 Å². The molecule has 0 bridgehead atoms. The Hall–Kier alpha value is -3.14. The lowest BCUT2D eigenvalue weighted by Gasteiger charge is -2.49. The van der Waals surface area contributed by atoms with Crippen LogP contribution in [0.5, 0.6) is 0 Å². The second kappa shape index (κ2) is 35.7. The van der Waals surface area contributed by atoms with Gasteiger partial charge in [-0.1, -0.05) is 48.5 Å². The van der Waals surface area contributed by atoms with Gasteiger partial charge < -0.3 is 102 Å². The van der Waals surface area contributed by atoms with Crippen LogP contribution in [-0.2, 0) is 85.6 Å². The van der Waals surface area contributed by atoms with Crippen LogP contribution in [0.3, 0.4) is 0 Å². The molecule has 6 saturated heterocycles. The first-order valence-corrected chi connectivity index (χ1v) is 36.7. The van der Waals surface area contributed by atoms with Crippen molar-refractivity contribution in [2.45, 2.75) is 341 Å². The number of hydrogen-bond acceptors (Lipinski definition) is 27. The van der Waals surface area contributed by atoms with E-state index in [9.17, 15) is 64.5 Å². The average Bonchev–Trinajstić information content (AvgIpc) is 0.776. The van der Waals surface area contributed by atoms with E-state index in [0.717, 1.165) is 0 Å². The number of nitrogens with zero attached hydrogens (tertiary/aromatic N) is 2. The molecule has 0 aliphatic carbocycles. The number of carbonyl (C=O) groups excluding carboxylic acids is 6. The Bertz CT molecular complexity index is 2730. The molecule has 34 unspecified atom stereocenters. The molecule has 6 rings (SSSR count). The van der Waals surface area contributed by atoms with Gasteiger partial charge >= 0.3 is 11.9 Å². The zero-order valence-electron chi connectivity index (χ0n) is 65.3. The van der Waals surface area contributed by atoms with Crippen LogP contribution < -0.4 is 0 Å². The van der Waals surface area contributed by atoms with Crippen molar-refractivity contribution < 1.29 is 121 Å². The lowest BCUT2D eigenvalue weighted by atomic mass is 9.74. The summed E-state index contributed by atoms with van der Waals surface area (Å²) in [4.78, 5) is 86.5. The quantitative estimate of drug-likeness (QED) is 0.0900. The lowest BCUT2D eigenvalue weighted by Crippen LogP contribution is -2.61. The van der Waals surface area contributed by atoms with E-state index in [1.54, 1.807) is 96.9 Å². The van der Waals surface area contributed by atoms with Crippen LogP contribution in [0.2, 0.25) is 0 Å². The average molecular weight is 1450 g/mol. The highest BCUT2D eigenvalue weighted by Gasteiger charge is 2.56. The molecule has 6 fully saturated rings. The number of Topliss-reactive ketones (excluding diaryl/α,β-unsaturated/α-hetero) is 4. The number of aliphatic hydroxyl groups excluding tert-OH is 4. The van der Waals surface area contributed by atoms with E-state index in [0.29, 0.717) is 19.3 Å². The molecule has 7 N–H and O–H groups in total. The Morgan fingerprint density at radius 2 is 0.842 bits per heavy atom. The molecule has 0 saturated carbocycles. The van der Waals surface area contributed by atoms with Crippen molar-refractivity contribution >= 4 is 35.1 Å². The van der Waals surface area contributed by atoms with Crippen molar-refractivity contribution in [1.29, 1.82) is 0 Å². The van der Waals surface area contributed by atoms with Gasteiger partial charge in [0, 0.05) is 62.8 Å². The van der Waals surface area contributed by atoms with E-state index in [-0.39, 0.29) is 68.0 Å². The van der Waals surface area contributed by atoms with Crippen LogP contribution >= 0.6 is 0 Å². The molecule has 6 aliphatic rings. The number of ketones is 4. The molecule has 0 aromatic heterocycles. The number of rotatable bonds is 14. The Morgan fingerprint density at radius 3 is 1.19 bits per heavy atom. The zero-order chi connectivity index (χ0) is 77.0. The molecule has 0 amide bonds. The fourth-order valence-electron chi connectivity index (χ4n) is 16.4. The van der Waals surface area contributed by atoms with Crippen molar-refractivity contribution in [3.63, 3.8) is 0 Å². The number of esters is 2. The van der Waals surface area contributed by atoms with Crippen molar-refractivity contribution in [3.05, 3.63) is 0 Å². The third-order valence-electron chi connectivity index (χ3n) is 23.1. The Morgan fingerprint density at radius 1 is 0.475 bits per heavy atom. The minimum absolute atomic E-state index is 0.0741. The first kappa shape index (κ1) is 88.5. The van der Waals surface area contributed by atoms with Gasteiger partial charge in [-0.2, -0.15) is 0 Å². The van der Waals surface area contributed by atoms with Gasteiger partial charge in [0.05, 0.1) is 101 Å². The maximum Gasteiger partial charge on any atom is 0.311 e. The summed E-state index contributed by atoms with van der Waals surface area (Å²) in [6.07, 6.45) is -15.6. The second-order valence-electron chi connectivity index (χ2n) is 32.2. The fraction of sp³-hybridized carbons (Fsp3) is 0.919. The number of likely N-dealkylation sites (N-methyl/N-ethyl adjacent to an activating group) is 2. The third-order valence-corrected chi connectivity index (χ3v) is 23.1. The maximum atomic E-state index is 14.0. The highest BCUT2D eigenvalue weighted by molar-refractivity contribution is 6.06. The molecule has 0 radical (unpaired) electrons. The predicted molar refractivity (Wildman–Crippen MR) is 369 cm³/mol. The number of hydrogen-bond donors (Lipinski definition) is 7. The summed E-state index contributed by atoms with van der Waals surface area (Å²) in [7, 11) is 10.4. The van der Waals surface area contributed by atoms with E-state index in [4.69, 9.17) is 56.8 Å². The van der Waals surface area contributed by atoms with Crippen molar-refractivity contribution in [3.8, 4) is 0 Å². The van der Waals surface area contributed by atoms with Gasteiger partial charge in [-0.15, -0.1) is 0 Å². The molecule has 27 nitrogen and oxygen atoms in total. The summed E-state index contributed by atoms with van der Waals surface area (Å²) >= 11 is 0. The molecular formula is C74H130N2O25. The standard InChI is InChI=1S/C37H65NO13.C37H65NO12/c1-14-25-37(10,45)30(41)20(4)27(39)18(2)16-35(8,44)32(51-34-28(40)24(38(11)12)15-19(3)47-34)21(5)29(22(6)33(43)49-25)50-26-17-36(9,46-13)31(42)23(7)48-26;1-14-26-20(4)29(40)21(5)28(39)18(2)16-36(9,44)33(50-35-30(41)25(38(11)12)15-19(3)46-35)22(6)31(23(7)34(43)48-26)49-27-17-37(10,45-13)32(42)24(8)47-27/h18-26,28-29,31-32,34,40,42,44-45H,14-17H2,1-13H3;18-27,30-33,35,41-42,44H,14-17H2,1-13H3. The Labute approximate surface area is 600 Å². The van der Waals surface area contributed by atoms with Gasteiger partial charge in [-0.05, 0) is 157 Å². The highest BCUT2D eigenvalue weighted by Crippen LogP contribution is 2.44. The first-order chi connectivity index (χ1) is 46.5. The van der Waals surface area contributed by atoms with E-state index >= 15 is 0 Å². The van der Waals surface area contributed by atoms with Crippen LogP contribution in [0.25, 0.3) is 0 Å². The largest absolute Gasteiger partial charge is 0.461 e. The number of aliphatic hydroxyl groups is 7. The molecule has 27 heteroatoms. The third kappa shape index (κ3) is 20.4. The maximum absolute atomic E-state index is 14.0. The first-order valence-electron chi connectivity index (χ1n) is 36.7. The van der Waals surface area contributed by atoms with E-state index < -0.39 is 203 Å². The number of ether oxygens (including phenoxy) is 12. The summed E-state index contributed by atoms with van der Waals surface area (Å²) in [6.45, 7) is 33.0. The monoisotopic (exact) mass is 1450 g/mol. The van der Waals surface area contributed by atoms with Crippen LogP contribution in [-0.4, -0.2) is 274 Å². The van der Waals surface area contributed by atoms with Crippen LogP contribution in [0.1, 0.15) is 190 Å². The summed E-state index contributed by atoms with van der Waals surface area (Å²) in [6, 6.07) is -0.640. The molecule has 0 spiro atoms. The molecule has 0 aromatic carbocycles. The van der Waals surface area contributed by atoms with Gasteiger partial charge in [0.1, 0.15) is 54.0 Å². The number of methoxy groups -OCH3 is 2. The van der Waals surface area contributed by atoms with Crippen molar-refractivity contribution in [1.82, 2.24) is 9.80 Å². The number of carbonyl (C=O) groups is 6. The second-order valence-corrected chi connectivity index (χ2v) is 32.2. The van der Waals surface area contributed by atoms with Crippen molar-refractivity contribution in [2.75, 3.05) is 42.4 Å². The summed E-state index contributed by atoms with van der Waals surface area (Å²) in [5.74, 6) is -11.8. The van der Waals surface area contributed by atoms with Gasteiger partial charge in [-0.25, -0.2) is 0 Å². The highest BCUT2D eigenvalue weighted by atomic mass is 16.7. The van der Waals surface area contributed by atoms with E-state index in [2.05, 4.69) is 0 Å². The van der Waals surface area contributed by atoms with Gasteiger partial charge in [0.2, 0.25) is 0 Å². The number of cyclic esters (lactones) is 2. The summed E-state index contributed by atoms with van der Waals surface area (Å²) in [5.41, 5.74) is -7.85. The fourth-order valence-corrected chi connectivity index (χ4v) is 16.4. The van der Waals surface area contributed by atoms with Crippen molar-refractivity contribution in [2.24, 2.45) is 53.3 Å². The predicted octanol–water partition coefficient (Wildman–Crippen LogP) is 4.87. The minimum atomic E-state index is -2.19. The van der Waals surface area contributed by atoms with Gasteiger partial charge in [-0.3, -0.25) is 28.8 Å². The molecule has 101 heavy (non-hydrogen) atoms. The molecule has 6 heterocycles. The summed E-state index contributed by atoms with van der Waals surface area (Å²) in [5, 5.41) is 80.8. The minimum Gasteiger partial charge on any atom is -0.461 e. The van der Waals surface area contributed by atoms with Crippen LogP contribution in [0.4, 0.5) is 0 Å². The molecule has 586 valence electrons. The van der Waals surface area contributed by atoms with Crippen LogP contribution in [0, 0.1) is 53.3 Å². The topological polar surface area (TPSA) is 361 Å². The summed E-state index contributed by atoms with van der Waals surface area (Å²) < 4.78 is 74.1. The normalized spacial score (nSPS) is 47.9. The molecule has 6 aliphatic heterocycles. The smallest absolute Gasteiger partial charge is 0.311 e. The lowest BCUT2D eigenvalue weighted by molar-refractivity contribution is -0.318. The molecular weight excluding hydrogens is 1320 g/mol. The Kier molecular flexibility index (Phi) is 31.3. The van der Waals surface area contributed by atoms with E-state index in [1.165, 1.54) is 35.0 Å². The SMILES string of the molecule is CCC1OC(=O)C(C)C(OC2CC(C)(OC)C(O)C(C)O2)C(C)C(OC2OC(C)CC(N(C)C)C2O)C(C)(O)CC(C)C(=O)C(C)C(=O)C1(C)O.CCC1OC(=O)C(C)C(OC2CC(C)(OC)C(O)C(C)O2)C(C)C(OC2OC(C)CC(N(C)C)C2O)C(C)(O)CC(C)C(=O)C(C)C(=O)C1C. The molecule has 0 aromatic rings. The van der Waals surface area contributed by atoms with E-state index in [1.807, 2.05) is 58.8 Å². The zero-order valence-corrected chi connectivity index (χ0v) is 65.3.